The van der Waals surface area contributed by atoms with Gasteiger partial charge in [0.2, 0.25) is 0 Å². The van der Waals surface area contributed by atoms with E-state index in [1.807, 2.05) is 19.1 Å². The summed E-state index contributed by atoms with van der Waals surface area (Å²) in [5.74, 6) is -1.37. The molecule has 3 aromatic rings. The summed E-state index contributed by atoms with van der Waals surface area (Å²) >= 11 is 0. The van der Waals surface area contributed by atoms with Crippen molar-refractivity contribution < 1.29 is 19.1 Å². The molecular weight excluding hydrogens is 381 g/mol. The number of anilines is 1. The van der Waals surface area contributed by atoms with Crippen molar-refractivity contribution in [1.29, 1.82) is 0 Å². The summed E-state index contributed by atoms with van der Waals surface area (Å²) in [5.41, 5.74) is 0.753. The number of carbonyl (C=O) groups excluding carboxylic acids is 2. The van der Waals surface area contributed by atoms with Gasteiger partial charge in [-0.1, -0.05) is 67.6 Å². The number of hydrogen-bond donors (Lipinski definition) is 1. The summed E-state index contributed by atoms with van der Waals surface area (Å²) in [6, 6.07) is 20.2. The summed E-state index contributed by atoms with van der Waals surface area (Å²) < 4.78 is 14.2. The number of nitrogens with zero attached hydrogens (tertiary/aromatic N) is 1. The Morgan fingerprint density at radius 2 is 1.67 bits per heavy atom. The van der Waals surface area contributed by atoms with Crippen LogP contribution in [0.1, 0.15) is 40.4 Å². The molecule has 1 atom stereocenters. The van der Waals surface area contributed by atoms with Gasteiger partial charge in [0.1, 0.15) is 5.82 Å². The lowest BCUT2D eigenvalue weighted by atomic mass is 9.88. The van der Waals surface area contributed by atoms with Crippen molar-refractivity contribution in [2.45, 2.75) is 31.9 Å². The average Bonchev–Trinajstić information content (AvgIpc) is 2.97. The second-order valence-corrected chi connectivity index (χ2v) is 7.51. The first kappa shape index (κ1) is 20.0. The molecule has 5 heteroatoms. The Morgan fingerprint density at radius 1 is 1.00 bits per heavy atom. The number of hydrogen-bond acceptors (Lipinski definition) is 3. The maximum Gasteiger partial charge on any atom is 0.264 e. The smallest absolute Gasteiger partial charge is 0.264 e. The van der Waals surface area contributed by atoms with Crippen LogP contribution in [0.2, 0.25) is 0 Å². The van der Waals surface area contributed by atoms with E-state index in [2.05, 4.69) is 0 Å². The molecule has 1 aliphatic heterocycles. The van der Waals surface area contributed by atoms with Gasteiger partial charge in [-0.05, 0) is 24.1 Å². The highest BCUT2D eigenvalue weighted by atomic mass is 19.1. The largest absolute Gasteiger partial charge is 0.375 e. The standard InChI is InChI=1S/C25H22FNO3/c1-2-17-11-13-18(14-12-17)23(28)15-25(30)20-8-4-6-10-22(20)27(24(25)29)16-19-7-3-5-9-21(19)26/h3-14,30H,2,15-16H2,1H3. The van der Waals surface area contributed by atoms with Crippen molar-refractivity contribution in [2.24, 2.45) is 0 Å². The molecule has 0 aromatic heterocycles. The SMILES string of the molecule is CCc1ccc(C(=O)CC2(O)C(=O)N(Cc3ccccc3F)c3ccccc32)cc1. The van der Waals surface area contributed by atoms with Crippen molar-refractivity contribution in [3.8, 4) is 0 Å². The number of Topliss-reactive ketones (excluding diaryl/α,β-unsaturated/α-hetero) is 1. The third-order valence-electron chi connectivity index (χ3n) is 5.63. The number of ketones is 1. The molecule has 0 saturated carbocycles. The van der Waals surface area contributed by atoms with Crippen LogP contribution < -0.4 is 4.90 Å². The van der Waals surface area contributed by atoms with E-state index in [-0.39, 0.29) is 18.7 Å². The van der Waals surface area contributed by atoms with E-state index in [1.165, 1.54) is 11.0 Å². The van der Waals surface area contributed by atoms with Crippen molar-refractivity contribution in [2.75, 3.05) is 4.90 Å². The maximum atomic E-state index is 14.2. The number of amides is 1. The Kier molecular flexibility index (Phi) is 5.22. The van der Waals surface area contributed by atoms with E-state index in [4.69, 9.17) is 0 Å². The van der Waals surface area contributed by atoms with Crippen LogP contribution in [0, 0.1) is 5.82 Å². The Labute approximate surface area is 174 Å². The Morgan fingerprint density at radius 3 is 2.37 bits per heavy atom. The van der Waals surface area contributed by atoms with Gasteiger partial charge in [0.15, 0.2) is 11.4 Å². The van der Waals surface area contributed by atoms with E-state index >= 15 is 0 Å². The van der Waals surface area contributed by atoms with Gasteiger partial charge in [-0.3, -0.25) is 9.59 Å². The number of aryl methyl sites for hydroxylation is 1. The highest BCUT2D eigenvalue weighted by molar-refractivity contribution is 6.10. The minimum Gasteiger partial charge on any atom is -0.375 e. The molecule has 3 aromatic carbocycles. The predicted molar refractivity (Wildman–Crippen MR) is 113 cm³/mol. The third kappa shape index (κ3) is 3.42. The zero-order chi connectivity index (χ0) is 21.3. The summed E-state index contributed by atoms with van der Waals surface area (Å²) in [6.45, 7) is 2.00. The summed E-state index contributed by atoms with van der Waals surface area (Å²) in [6.07, 6.45) is 0.483. The van der Waals surface area contributed by atoms with Gasteiger partial charge in [-0.2, -0.15) is 0 Å². The number of para-hydroxylation sites is 1. The van der Waals surface area contributed by atoms with Crippen molar-refractivity contribution >= 4 is 17.4 Å². The number of rotatable bonds is 6. The van der Waals surface area contributed by atoms with Crippen molar-refractivity contribution in [3.63, 3.8) is 0 Å². The maximum absolute atomic E-state index is 14.2. The van der Waals surface area contributed by atoms with E-state index < -0.39 is 17.3 Å². The Balaban J connectivity index is 1.66. The van der Waals surface area contributed by atoms with Gasteiger partial charge in [0.05, 0.1) is 18.7 Å². The first-order chi connectivity index (χ1) is 14.4. The van der Waals surface area contributed by atoms with Crippen molar-refractivity contribution in [3.05, 3.63) is 101 Å². The zero-order valence-electron chi connectivity index (χ0n) is 16.6. The minimum absolute atomic E-state index is 0.0236. The van der Waals surface area contributed by atoms with Gasteiger partial charge in [-0.25, -0.2) is 4.39 Å². The molecule has 30 heavy (non-hydrogen) atoms. The second kappa shape index (κ2) is 7.84. The van der Waals surface area contributed by atoms with Crippen LogP contribution in [0.5, 0.6) is 0 Å². The van der Waals surface area contributed by atoms with Crippen LogP contribution in [0.3, 0.4) is 0 Å². The fourth-order valence-electron chi connectivity index (χ4n) is 3.89. The van der Waals surface area contributed by atoms with E-state index in [9.17, 15) is 19.1 Å². The number of fused-ring (bicyclic) bond motifs is 1. The lowest BCUT2D eigenvalue weighted by molar-refractivity contribution is -0.136. The summed E-state index contributed by atoms with van der Waals surface area (Å²) in [5, 5.41) is 11.4. The van der Waals surface area contributed by atoms with Crippen LogP contribution >= 0.6 is 0 Å². The highest BCUT2D eigenvalue weighted by Crippen LogP contribution is 2.43. The Hall–Kier alpha value is -3.31. The molecule has 4 nitrogen and oxygen atoms in total. The molecule has 0 fully saturated rings. The normalized spacial score (nSPS) is 17.8. The quantitative estimate of drug-likeness (QED) is 0.621. The molecule has 0 radical (unpaired) electrons. The molecule has 1 amide bonds. The van der Waals surface area contributed by atoms with Gasteiger partial charge >= 0.3 is 0 Å². The molecule has 1 unspecified atom stereocenters. The monoisotopic (exact) mass is 403 g/mol. The number of aliphatic hydroxyl groups is 1. The van der Waals surface area contributed by atoms with Crippen LogP contribution in [0.15, 0.2) is 72.8 Å². The molecule has 1 aliphatic rings. The van der Waals surface area contributed by atoms with E-state index in [0.29, 0.717) is 22.4 Å². The first-order valence-corrected chi connectivity index (χ1v) is 9.93. The van der Waals surface area contributed by atoms with Crippen LogP contribution in [-0.4, -0.2) is 16.8 Å². The fraction of sp³-hybridized carbons (Fsp3) is 0.200. The highest BCUT2D eigenvalue weighted by Gasteiger charge is 2.50. The molecule has 152 valence electrons. The first-order valence-electron chi connectivity index (χ1n) is 9.93. The fourth-order valence-corrected chi connectivity index (χ4v) is 3.89. The molecule has 0 bridgehead atoms. The van der Waals surface area contributed by atoms with Crippen molar-refractivity contribution in [1.82, 2.24) is 0 Å². The number of carbonyl (C=O) groups is 2. The van der Waals surface area contributed by atoms with E-state index in [1.54, 1.807) is 54.6 Å². The van der Waals surface area contributed by atoms with Crippen LogP contribution in [0.4, 0.5) is 10.1 Å². The molecule has 4 rings (SSSR count). The average molecular weight is 403 g/mol. The molecule has 1 heterocycles. The topological polar surface area (TPSA) is 57.6 Å². The third-order valence-corrected chi connectivity index (χ3v) is 5.63. The molecule has 0 aliphatic carbocycles. The molecular formula is C25H22FNO3. The molecule has 1 N–H and O–H groups in total. The number of benzene rings is 3. The second-order valence-electron chi connectivity index (χ2n) is 7.51. The lowest BCUT2D eigenvalue weighted by Gasteiger charge is -2.23. The van der Waals surface area contributed by atoms with Gasteiger partial charge in [0, 0.05) is 16.7 Å². The van der Waals surface area contributed by atoms with Crippen LogP contribution in [0.25, 0.3) is 0 Å². The van der Waals surface area contributed by atoms with Gasteiger partial charge in [0.25, 0.3) is 5.91 Å². The van der Waals surface area contributed by atoms with Crippen LogP contribution in [-0.2, 0) is 23.4 Å². The summed E-state index contributed by atoms with van der Waals surface area (Å²) in [7, 11) is 0. The molecule has 0 spiro atoms. The van der Waals surface area contributed by atoms with Gasteiger partial charge < -0.3 is 10.0 Å². The molecule has 0 saturated heterocycles. The Bertz CT molecular complexity index is 1110. The van der Waals surface area contributed by atoms with Gasteiger partial charge in [-0.15, -0.1) is 0 Å². The zero-order valence-corrected chi connectivity index (χ0v) is 16.6. The lowest BCUT2D eigenvalue weighted by Crippen LogP contribution is -2.41. The summed E-state index contributed by atoms with van der Waals surface area (Å²) in [4.78, 5) is 27.5. The minimum atomic E-state index is -1.98. The van der Waals surface area contributed by atoms with E-state index in [0.717, 1.165) is 12.0 Å². The predicted octanol–water partition coefficient (Wildman–Crippen LogP) is 4.40. The number of halogens is 1.